The van der Waals surface area contributed by atoms with Crippen molar-refractivity contribution in [1.82, 2.24) is 4.98 Å². The minimum absolute atomic E-state index is 0.0788. The molecule has 0 radical (unpaired) electrons. The van der Waals surface area contributed by atoms with Crippen molar-refractivity contribution < 1.29 is 0 Å². The van der Waals surface area contributed by atoms with Crippen LogP contribution >= 0.6 is 0 Å². The molecule has 0 aliphatic carbocycles. The Bertz CT molecular complexity index is 1080. The Kier molecular flexibility index (Phi) is 5.79. The summed E-state index contributed by atoms with van der Waals surface area (Å²) in [6.45, 7) is 0.625. The van der Waals surface area contributed by atoms with Crippen LogP contribution < -0.4 is 4.90 Å². The van der Waals surface area contributed by atoms with E-state index in [2.05, 4.69) is 9.88 Å². The van der Waals surface area contributed by atoms with Crippen LogP contribution in [-0.2, 0) is 6.54 Å². The lowest BCUT2D eigenvalue weighted by Gasteiger charge is -2.25. The molecule has 0 bridgehead atoms. The van der Waals surface area contributed by atoms with Gasteiger partial charge in [-0.25, -0.2) is 0 Å². The van der Waals surface area contributed by atoms with E-state index in [0.717, 1.165) is 16.9 Å². The van der Waals surface area contributed by atoms with Gasteiger partial charge >= 0.3 is 0 Å². The lowest BCUT2D eigenvalue weighted by atomic mass is 10.0. The van der Waals surface area contributed by atoms with E-state index in [1.54, 1.807) is 30.5 Å². The maximum absolute atomic E-state index is 9.34. The number of para-hydroxylation sites is 1. The summed E-state index contributed by atoms with van der Waals surface area (Å²) in [5, 5.41) is 27.4. The molecule has 2 aromatic carbocycles. The molecule has 0 aliphatic rings. The maximum atomic E-state index is 9.34. The molecule has 0 atom stereocenters. The number of nitrogens with zero attached hydrogens (tertiary/aromatic N) is 5. The molecular formula is C23H15N5. The van der Waals surface area contributed by atoms with Crippen molar-refractivity contribution in [3.63, 3.8) is 0 Å². The monoisotopic (exact) mass is 361 g/mol. The number of aromatic nitrogens is 1. The first kappa shape index (κ1) is 18.4. The number of rotatable bonds is 5. The van der Waals surface area contributed by atoms with Gasteiger partial charge in [0, 0.05) is 30.3 Å². The smallest absolute Gasteiger partial charge is 0.148 e. The highest BCUT2D eigenvalue weighted by Gasteiger charge is 2.13. The summed E-state index contributed by atoms with van der Waals surface area (Å²) in [5.74, 6) is 0. The number of pyridine rings is 1. The van der Waals surface area contributed by atoms with Gasteiger partial charge in [0.15, 0.2) is 0 Å². The van der Waals surface area contributed by atoms with Gasteiger partial charge in [-0.1, -0.05) is 36.4 Å². The van der Waals surface area contributed by atoms with E-state index in [4.69, 9.17) is 10.5 Å². The molecule has 0 spiro atoms. The van der Waals surface area contributed by atoms with E-state index in [1.807, 2.05) is 66.9 Å². The fourth-order valence-electron chi connectivity index (χ4n) is 2.82. The molecule has 3 rings (SSSR count). The van der Waals surface area contributed by atoms with Crippen LogP contribution in [0.1, 0.15) is 11.1 Å². The second kappa shape index (κ2) is 8.81. The van der Waals surface area contributed by atoms with E-state index in [1.165, 1.54) is 0 Å². The second-order valence-corrected chi connectivity index (χ2v) is 5.92. The van der Waals surface area contributed by atoms with Gasteiger partial charge in [-0.15, -0.1) is 0 Å². The second-order valence-electron chi connectivity index (χ2n) is 5.92. The van der Waals surface area contributed by atoms with Crippen molar-refractivity contribution >= 4 is 16.9 Å². The molecule has 3 aromatic rings. The summed E-state index contributed by atoms with van der Waals surface area (Å²) >= 11 is 0. The number of hydrogen-bond acceptors (Lipinski definition) is 5. The summed E-state index contributed by atoms with van der Waals surface area (Å²) in [5.41, 5.74) is 3.43. The van der Waals surface area contributed by atoms with Gasteiger partial charge in [-0.3, -0.25) is 4.98 Å². The van der Waals surface area contributed by atoms with Crippen LogP contribution in [0.3, 0.4) is 0 Å². The van der Waals surface area contributed by atoms with Gasteiger partial charge < -0.3 is 4.90 Å². The first-order valence-electron chi connectivity index (χ1n) is 8.53. The molecule has 0 amide bonds. The van der Waals surface area contributed by atoms with E-state index in [0.29, 0.717) is 12.1 Å². The van der Waals surface area contributed by atoms with Gasteiger partial charge in [0.05, 0.1) is 5.57 Å². The number of anilines is 2. The van der Waals surface area contributed by atoms with Crippen LogP contribution in [0.15, 0.2) is 84.7 Å². The van der Waals surface area contributed by atoms with Gasteiger partial charge in [0.2, 0.25) is 0 Å². The molecule has 5 heteroatoms. The molecule has 0 saturated carbocycles. The van der Waals surface area contributed by atoms with E-state index >= 15 is 0 Å². The van der Waals surface area contributed by atoms with Crippen LogP contribution in [0.5, 0.6) is 0 Å². The zero-order valence-electron chi connectivity index (χ0n) is 14.9. The SMILES string of the molecule is N#CC(C#N)=C(C#N)c1ccc(N(Cc2cccnc2)c2ccccc2)cc1. The number of hydrogen-bond donors (Lipinski definition) is 0. The Labute approximate surface area is 163 Å². The summed E-state index contributed by atoms with van der Waals surface area (Å²) in [6, 6.07) is 26.6. The number of nitriles is 3. The van der Waals surface area contributed by atoms with E-state index in [-0.39, 0.29) is 11.1 Å². The molecule has 0 fully saturated rings. The fraction of sp³-hybridized carbons (Fsp3) is 0.0435. The number of benzene rings is 2. The predicted molar refractivity (Wildman–Crippen MR) is 107 cm³/mol. The molecular weight excluding hydrogens is 346 g/mol. The quantitative estimate of drug-likeness (QED) is 0.612. The Hall–Kier alpha value is -4.40. The molecule has 28 heavy (non-hydrogen) atoms. The van der Waals surface area contributed by atoms with Gasteiger partial charge in [-0.05, 0) is 41.5 Å². The first-order chi connectivity index (χ1) is 13.8. The van der Waals surface area contributed by atoms with Gasteiger partial charge in [0.25, 0.3) is 0 Å². The fourth-order valence-corrected chi connectivity index (χ4v) is 2.82. The zero-order valence-corrected chi connectivity index (χ0v) is 14.9. The molecule has 1 aromatic heterocycles. The zero-order chi connectivity index (χ0) is 19.8. The van der Waals surface area contributed by atoms with E-state index < -0.39 is 0 Å². The van der Waals surface area contributed by atoms with Crippen molar-refractivity contribution in [2.75, 3.05) is 4.90 Å². The molecule has 5 nitrogen and oxygen atoms in total. The number of allylic oxidation sites excluding steroid dienone is 2. The van der Waals surface area contributed by atoms with Gasteiger partial charge in [-0.2, -0.15) is 15.8 Å². The molecule has 1 heterocycles. The van der Waals surface area contributed by atoms with Crippen LogP contribution in [-0.4, -0.2) is 4.98 Å². The Morgan fingerprint density at radius 2 is 1.46 bits per heavy atom. The Morgan fingerprint density at radius 3 is 2.04 bits per heavy atom. The highest BCUT2D eigenvalue weighted by atomic mass is 15.1. The average Bonchev–Trinajstić information content (AvgIpc) is 2.77. The minimum atomic E-state index is -0.189. The van der Waals surface area contributed by atoms with Crippen LogP contribution in [0.2, 0.25) is 0 Å². The van der Waals surface area contributed by atoms with Crippen molar-refractivity contribution in [3.8, 4) is 18.2 Å². The standard InChI is InChI=1S/C23H15N5/c24-13-20(14-25)23(15-26)19-8-10-22(11-9-19)28(21-6-2-1-3-7-21)17-18-5-4-12-27-16-18/h1-12,16H,17H2. The van der Waals surface area contributed by atoms with Crippen molar-refractivity contribution in [3.05, 3.63) is 95.8 Å². The van der Waals surface area contributed by atoms with Crippen LogP contribution in [0.4, 0.5) is 11.4 Å². The van der Waals surface area contributed by atoms with Crippen LogP contribution in [0.25, 0.3) is 5.57 Å². The molecule has 0 N–H and O–H groups in total. The summed E-state index contributed by atoms with van der Waals surface area (Å²) in [6.07, 6.45) is 3.57. The molecule has 0 aliphatic heterocycles. The topological polar surface area (TPSA) is 87.5 Å². The predicted octanol–water partition coefficient (Wildman–Crippen LogP) is 4.74. The van der Waals surface area contributed by atoms with Crippen molar-refractivity contribution in [2.24, 2.45) is 0 Å². The molecule has 0 unspecified atom stereocenters. The lowest BCUT2D eigenvalue weighted by molar-refractivity contribution is 0.964. The summed E-state index contributed by atoms with van der Waals surface area (Å²) in [4.78, 5) is 6.31. The van der Waals surface area contributed by atoms with Gasteiger partial charge in [0.1, 0.15) is 23.8 Å². The average molecular weight is 361 g/mol. The third-order valence-electron chi connectivity index (χ3n) is 4.18. The molecule has 132 valence electrons. The minimum Gasteiger partial charge on any atom is -0.337 e. The molecule has 0 saturated heterocycles. The largest absolute Gasteiger partial charge is 0.337 e. The van der Waals surface area contributed by atoms with Crippen molar-refractivity contribution in [1.29, 1.82) is 15.8 Å². The Balaban J connectivity index is 2.00. The van der Waals surface area contributed by atoms with Crippen LogP contribution in [0, 0.1) is 34.0 Å². The normalized spacial score (nSPS) is 9.46. The maximum Gasteiger partial charge on any atom is 0.148 e. The highest BCUT2D eigenvalue weighted by molar-refractivity contribution is 5.85. The summed E-state index contributed by atoms with van der Waals surface area (Å²) in [7, 11) is 0. The third kappa shape index (κ3) is 4.05. The highest BCUT2D eigenvalue weighted by Crippen LogP contribution is 2.29. The lowest BCUT2D eigenvalue weighted by Crippen LogP contribution is -2.16. The van der Waals surface area contributed by atoms with E-state index in [9.17, 15) is 5.26 Å². The summed E-state index contributed by atoms with van der Waals surface area (Å²) < 4.78 is 0. The first-order valence-corrected chi connectivity index (χ1v) is 8.53. The van der Waals surface area contributed by atoms with Crippen molar-refractivity contribution in [2.45, 2.75) is 6.54 Å². The Morgan fingerprint density at radius 1 is 0.786 bits per heavy atom. The third-order valence-corrected chi connectivity index (χ3v) is 4.18.